The fourth-order valence-electron chi connectivity index (χ4n) is 2.61. The third-order valence-corrected chi connectivity index (χ3v) is 3.54. The van der Waals surface area contributed by atoms with Crippen molar-refractivity contribution >= 4 is 0 Å². The fraction of sp³-hybridized carbons (Fsp3) is 0.714. The number of rotatable bonds is 4. The molecule has 2 rings (SSSR count). The van der Waals surface area contributed by atoms with Crippen molar-refractivity contribution in [1.82, 2.24) is 15.3 Å². The summed E-state index contributed by atoms with van der Waals surface area (Å²) in [6.45, 7) is 3.03. The summed E-state index contributed by atoms with van der Waals surface area (Å²) in [5.74, 6) is 1.68. The SMILES string of the molecule is CNCCc1nc(C)cc(C2CCCCC2)n1. The Balaban J connectivity index is 2.12. The van der Waals surface area contributed by atoms with Crippen LogP contribution in [0.1, 0.15) is 55.2 Å². The number of hydrogen-bond donors (Lipinski definition) is 1. The Morgan fingerprint density at radius 2 is 2.00 bits per heavy atom. The van der Waals surface area contributed by atoms with Gasteiger partial charge in [-0.1, -0.05) is 19.3 Å². The van der Waals surface area contributed by atoms with Crippen molar-refractivity contribution < 1.29 is 0 Å². The molecule has 0 atom stereocenters. The number of aromatic nitrogens is 2. The van der Waals surface area contributed by atoms with Gasteiger partial charge in [-0.25, -0.2) is 9.97 Å². The first-order valence-corrected chi connectivity index (χ1v) is 6.78. The second-order valence-electron chi connectivity index (χ2n) is 5.04. The van der Waals surface area contributed by atoms with Gasteiger partial charge in [0.25, 0.3) is 0 Å². The summed E-state index contributed by atoms with van der Waals surface area (Å²) < 4.78 is 0. The van der Waals surface area contributed by atoms with Crippen molar-refractivity contribution in [3.05, 3.63) is 23.3 Å². The molecule has 1 aliphatic carbocycles. The molecular formula is C14H23N3. The summed E-state index contributed by atoms with van der Waals surface area (Å²) in [5.41, 5.74) is 2.40. The normalized spacial score (nSPS) is 17.3. The number of hydrogen-bond acceptors (Lipinski definition) is 3. The highest BCUT2D eigenvalue weighted by Crippen LogP contribution is 2.31. The third kappa shape index (κ3) is 3.50. The molecule has 0 radical (unpaired) electrons. The van der Waals surface area contributed by atoms with Gasteiger partial charge in [0.15, 0.2) is 0 Å². The maximum atomic E-state index is 4.74. The highest BCUT2D eigenvalue weighted by atomic mass is 14.9. The van der Waals surface area contributed by atoms with Crippen LogP contribution in [0.4, 0.5) is 0 Å². The van der Waals surface area contributed by atoms with E-state index in [0.717, 1.165) is 24.5 Å². The van der Waals surface area contributed by atoms with Gasteiger partial charge in [-0.15, -0.1) is 0 Å². The van der Waals surface area contributed by atoms with Gasteiger partial charge in [-0.05, 0) is 32.9 Å². The van der Waals surface area contributed by atoms with Gasteiger partial charge in [0.2, 0.25) is 0 Å². The second-order valence-corrected chi connectivity index (χ2v) is 5.04. The van der Waals surface area contributed by atoms with Crippen LogP contribution >= 0.6 is 0 Å². The van der Waals surface area contributed by atoms with E-state index >= 15 is 0 Å². The van der Waals surface area contributed by atoms with Crippen LogP contribution in [0.25, 0.3) is 0 Å². The Morgan fingerprint density at radius 3 is 2.71 bits per heavy atom. The van der Waals surface area contributed by atoms with Crippen LogP contribution in [0, 0.1) is 6.92 Å². The van der Waals surface area contributed by atoms with Crippen LogP contribution in [0.15, 0.2) is 6.07 Å². The summed E-state index contributed by atoms with van der Waals surface area (Å²) in [7, 11) is 1.97. The van der Waals surface area contributed by atoms with Crippen LogP contribution in [0.3, 0.4) is 0 Å². The lowest BCUT2D eigenvalue weighted by Crippen LogP contribution is -2.15. The molecule has 17 heavy (non-hydrogen) atoms. The minimum absolute atomic E-state index is 0.679. The van der Waals surface area contributed by atoms with E-state index < -0.39 is 0 Å². The third-order valence-electron chi connectivity index (χ3n) is 3.54. The minimum atomic E-state index is 0.679. The molecule has 1 fully saturated rings. The zero-order chi connectivity index (χ0) is 12.1. The van der Waals surface area contributed by atoms with Gasteiger partial charge in [0.05, 0.1) is 0 Å². The van der Waals surface area contributed by atoms with Gasteiger partial charge in [-0.3, -0.25) is 0 Å². The molecule has 1 aliphatic rings. The zero-order valence-corrected chi connectivity index (χ0v) is 11.0. The van der Waals surface area contributed by atoms with E-state index in [1.807, 2.05) is 7.05 Å². The molecule has 0 aliphatic heterocycles. The fourth-order valence-corrected chi connectivity index (χ4v) is 2.61. The molecule has 1 aromatic rings. The summed E-state index contributed by atoms with van der Waals surface area (Å²) in [4.78, 5) is 9.26. The molecule has 1 N–H and O–H groups in total. The van der Waals surface area contributed by atoms with Gasteiger partial charge in [-0.2, -0.15) is 0 Å². The van der Waals surface area contributed by atoms with Crippen molar-refractivity contribution in [1.29, 1.82) is 0 Å². The Labute approximate surface area is 104 Å². The molecule has 94 valence electrons. The first-order chi connectivity index (χ1) is 8.29. The number of nitrogens with one attached hydrogen (secondary N) is 1. The maximum absolute atomic E-state index is 4.74. The number of aryl methyl sites for hydroxylation is 1. The van der Waals surface area contributed by atoms with Crippen molar-refractivity contribution in [2.24, 2.45) is 0 Å². The van der Waals surface area contributed by atoms with E-state index in [9.17, 15) is 0 Å². The molecule has 0 amide bonds. The smallest absolute Gasteiger partial charge is 0.130 e. The first-order valence-electron chi connectivity index (χ1n) is 6.78. The minimum Gasteiger partial charge on any atom is -0.319 e. The number of nitrogens with zero attached hydrogens (tertiary/aromatic N) is 2. The number of likely N-dealkylation sites (N-methyl/N-ethyl adjacent to an activating group) is 1. The molecule has 0 spiro atoms. The van der Waals surface area contributed by atoms with Crippen LogP contribution < -0.4 is 5.32 Å². The molecule has 1 aromatic heterocycles. The van der Waals surface area contributed by atoms with Crippen LogP contribution in [0.5, 0.6) is 0 Å². The molecule has 0 aromatic carbocycles. The van der Waals surface area contributed by atoms with Gasteiger partial charge < -0.3 is 5.32 Å². The Hall–Kier alpha value is -0.960. The van der Waals surface area contributed by atoms with E-state index in [-0.39, 0.29) is 0 Å². The average molecular weight is 233 g/mol. The Bertz CT molecular complexity index is 356. The van der Waals surface area contributed by atoms with E-state index in [1.54, 1.807) is 0 Å². The summed E-state index contributed by atoms with van der Waals surface area (Å²) in [6, 6.07) is 2.18. The molecule has 0 saturated heterocycles. The van der Waals surface area contributed by atoms with Crippen LogP contribution in [0.2, 0.25) is 0 Å². The van der Waals surface area contributed by atoms with Gasteiger partial charge in [0.1, 0.15) is 5.82 Å². The summed E-state index contributed by atoms with van der Waals surface area (Å²) >= 11 is 0. The van der Waals surface area contributed by atoms with Crippen molar-refractivity contribution in [3.8, 4) is 0 Å². The summed E-state index contributed by atoms with van der Waals surface area (Å²) in [6.07, 6.45) is 7.66. The molecule has 0 unspecified atom stereocenters. The van der Waals surface area contributed by atoms with Gasteiger partial charge in [0, 0.05) is 30.3 Å². The van der Waals surface area contributed by atoms with Crippen LogP contribution in [-0.4, -0.2) is 23.6 Å². The van der Waals surface area contributed by atoms with E-state index in [1.165, 1.54) is 37.8 Å². The van der Waals surface area contributed by atoms with E-state index in [4.69, 9.17) is 4.98 Å². The molecular weight excluding hydrogens is 210 g/mol. The van der Waals surface area contributed by atoms with Crippen LogP contribution in [-0.2, 0) is 6.42 Å². The monoisotopic (exact) mass is 233 g/mol. The highest BCUT2D eigenvalue weighted by Gasteiger charge is 2.17. The summed E-state index contributed by atoms with van der Waals surface area (Å²) in [5, 5.41) is 3.15. The second kappa shape index (κ2) is 6.10. The predicted molar refractivity (Wildman–Crippen MR) is 70.2 cm³/mol. The standard InChI is InChI=1S/C14H23N3/c1-11-10-13(12-6-4-3-5-7-12)17-14(16-11)8-9-15-2/h10,12,15H,3-9H2,1-2H3. The molecule has 1 heterocycles. The molecule has 1 saturated carbocycles. The van der Waals surface area contributed by atoms with Gasteiger partial charge >= 0.3 is 0 Å². The van der Waals surface area contributed by atoms with Crippen molar-refractivity contribution in [2.45, 2.75) is 51.4 Å². The lowest BCUT2D eigenvalue weighted by molar-refractivity contribution is 0.435. The predicted octanol–water partition coefficient (Wildman–Crippen LogP) is 2.59. The highest BCUT2D eigenvalue weighted by molar-refractivity contribution is 5.15. The average Bonchev–Trinajstić information content (AvgIpc) is 2.37. The lowest BCUT2D eigenvalue weighted by atomic mass is 9.86. The molecule has 0 bridgehead atoms. The Kier molecular flexibility index (Phi) is 4.49. The van der Waals surface area contributed by atoms with Crippen molar-refractivity contribution in [2.75, 3.05) is 13.6 Å². The maximum Gasteiger partial charge on any atom is 0.130 e. The quantitative estimate of drug-likeness (QED) is 0.868. The Morgan fingerprint density at radius 1 is 1.24 bits per heavy atom. The first kappa shape index (κ1) is 12.5. The topological polar surface area (TPSA) is 37.8 Å². The van der Waals surface area contributed by atoms with E-state index in [2.05, 4.69) is 23.3 Å². The van der Waals surface area contributed by atoms with Crippen molar-refractivity contribution in [3.63, 3.8) is 0 Å². The zero-order valence-electron chi connectivity index (χ0n) is 11.0. The molecule has 3 nitrogen and oxygen atoms in total. The van der Waals surface area contributed by atoms with E-state index in [0.29, 0.717) is 5.92 Å². The largest absolute Gasteiger partial charge is 0.319 e. The molecule has 3 heteroatoms. The lowest BCUT2D eigenvalue weighted by Gasteiger charge is -2.21.